The van der Waals surface area contributed by atoms with Gasteiger partial charge in [0, 0.05) is 35.3 Å². The van der Waals surface area contributed by atoms with Gasteiger partial charge in [0.2, 0.25) is 0 Å². The molecule has 3 heterocycles. The molecule has 9 nitrogen and oxygen atoms in total. The lowest BCUT2D eigenvalue weighted by Gasteiger charge is -2.16. The number of halogens is 1. The van der Waals surface area contributed by atoms with Crippen molar-refractivity contribution in [2.75, 3.05) is 6.61 Å². The average molecular weight is 521 g/mol. The van der Waals surface area contributed by atoms with Gasteiger partial charge in [-0.1, -0.05) is 23.8 Å². The molecular formula is C26H21FN4O5S. The van der Waals surface area contributed by atoms with Crippen molar-refractivity contribution in [2.24, 2.45) is 13.0 Å². The molecule has 0 amide bonds. The zero-order valence-corrected chi connectivity index (χ0v) is 20.9. The molecule has 2 aromatic carbocycles. The van der Waals surface area contributed by atoms with Crippen LogP contribution in [0.5, 0.6) is 11.5 Å². The first-order valence-electron chi connectivity index (χ1n) is 11.3. The van der Waals surface area contributed by atoms with Crippen molar-refractivity contribution in [1.29, 1.82) is 5.26 Å². The number of nitrogens with zero attached hydrogens (tertiary/aromatic N) is 3. The minimum Gasteiger partial charge on any atom is -0.493 e. The summed E-state index contributed by atoms with van der Waals surface area (Å²) in [5, 5.41) is 10.9. The van der Waals surface area contributed by atoms with Crippen LogP contribution in [0.2, 0.25) is 0 Å². The summed E-state index contributed by atoms with van der Waals surface area (Å²) in [6.07, 6.45) is 2.54. The van der Waals surface area contributed by atoms with E-state index in [0.717, 1.165) is 6.20 Å². The number of hydrogen-bond donors (Lipinski definition) is 1. The minimum atomic E-state index is -5.24. The fourth-order valence-corrected chi connectivity index (χ4v) is 4.67. The third kappa shape index (κ3) is 4.47. The summed E-state index contributed by atoms with van der Waals surface area (Å²) >= 11 is 0. The van der Waals surface area contributed by atoms with Crippen molar-refractivity contribution < 1.29 is 21.2 Å². The predicted molar refractivity (Wildman–Crippen MR) is 137 cm³/mol. The molecule has 0 spiro atoms. The van der Waals surface area contributed by atoms with Crippen LogP contribution in [0.4, 0.5) is 3.89 Å². The molecule has 5 aromatic rings. The van der Waals surface area contributed by atoms with Gasteiger partial charge in [-0.05, 0) is 36.2 Å². The summed E-state index contributed by atoms with van der Waals surface area (Å²) in [4.78, 5) is 21.0. The van der Waals surface area contributed by atoms with E-state index in [-0.39, 0.29) is 17.1 Å². The lowest BCUT2D eigenvalue weighted by atomic mass is 10.0. The van der Waals surface area contributed by atoms with Crippen LogP contribution in [-0.2, 0) is 17.6 Å². The highest BCUT2D eigenvalue weighted by atomic mass is 32.3. The maximum absolute atomic E-state index is 13.7. The second kappa shape index (κ2) is 8.90. The van der Waals surface area contributed by atoms with Crippen LogP contribution >= 0.6 is 0 Å². The number of fused-ring (bicyclic) bond motifs is 4. The number of nitriles is 1. The Morgan fingerprint density at radius 3 is 2.65 bits per heavy atom. The molecule has 0 aliphatic carbocycles. The van der Waals surface area contributed by atoms with E-state index in [9.17, 15) is 22.4 Å². The van der Waals surface area contributed by atoms with Crippen molar-refractivity contribution >= 4 is 43.3 Å². The number of aromatic amines is 1. The van der Waals surface area contributed by atoms with Gasteiger partial charge >= 0.3 is 10.5 Å². The van der Waals surface area contributed by atoms with Gasteiger partial charge in [0.1, 0.15) is 11.4 Å². The third-order valence-corrected chi connectivity index (χ3v) is 6.36. The van der Waals surface area contributed by atoms with Gasteiger partial charge in [0.25, 0.3) is 0 Å². The zero-order chi connectivity index (χ0) is 26.5. The number of H-pyrrole nitrogens is 1. The van der Waals surface area contributed by atoms with Gasteiger partial charge < -0.3 is 18.5 Å². The number of aryl methyl sites for hydroxylation is 1. The summed E-state index contributed by atoms with van der Waals surface area (Å²) in [6, 6.07) is 11.9. The molecule has 0 bridgehead atoms. The maximum Gasteiger partial charge on any atom is 0.488 e. The molecule has 0 unspecified atom stereocenters. The Morgan fingerprint density at radius 1 is 1.16 bits per heavy atom. The first kappa shape index (κ1) is 24.3. The molecule has 0 atom stereocenters. The van der Waals surface area contributed by atoms with E-state index in [2.05, 4.69) is 20.2 Å². The molecule has 11 heteroatoms. The number of pyridine rings is 2. The number of rotatable bonds is 6. The molecule has 188 valence electrons. The molecule has 0 saturated carbocycles. The molecular weight excluding hydrogens is 499 g/mol. The quantitative estimate of drug-likeness (QED) is 0.321. The van der Waals surface area contributed by atoms with Gasteiger partial charge in [0.15, 0.2) is 11.2 Å². The largest absolute Gasteiger partial charge is 0.493 e. The van der Waals surface area contributed by atoms with Crippen molar-refractivity contribution in [3.8, 4) is 28.7 Å². The van der Waals surface area contributed by atoms with E-state index in [1.807, 2.05) is 18.4 Å². The highest BCUT2D eigenvalue weighted by Gasteiger charge is 2.19. The smallest absolute Gasteiger partial charge is 0.488 e. The average Bonchev–Trinajstić information content (AvgIpc) is 3.23. The molecule has 0 aliphatic rings. The van der Waals surface area contributed by atoms with Crippen molar-refractivity contribution in [3.05, 3.63) is 64.6 Å². The van der Waals surface area contributed by atoms with Crippen LogP contribution in [0.25, 0.3) is 44.0 Å². The second-order valence-corrected chi connectivity index (χ2v) is 10.0. The van der Waals surface area contributed by atoms with Gasteiger partial charge in [-0.25, -0.2) is 0 Å². The normalized spacial score (nSPS) is 11.9. The van der Waals surface area contributed by atoms with Crippen molar-refractivity contribution in [3.63, 3.8) is 0 Å². The van der Waals surface area contributed by atoms with Crippen LogP contribution in [0.15, 0.2) is 53.6 Å². The summed E-state index contributed by atoms with van der Waals surface area (Å²) in [5.74, 6) is 0.260. The lowest BCUT2D eigenvalue weighted by Crippen LogP contribution is -2.11. The Kier molecular flexibility index (Phi) is 5.84. The van der Waals surface area contributed by atoms with E-state index >= 15 is 0 Å². The van der Waals surface area contributed by atoms with Crippen molar-refractivity contribution in [1.82, 2.24) is 14.5 Å². The number of hydrogen-bond acceptors (Lipinski definition) is 7. The Hall–Kier alpha value is -4.43. The van der Waals surface area contributed by atoms with Crippen LogP contribution in [0.1, 0.15) is 19.4 Å². The fourth-order valence-electron chi connectivity index (χ4n) is 4.35. The Labute approximate surface area is 211 Å². The predicted octanol–water partition coefficient (Wildman–Crippen LogP) is 4.73. The second-order valence-electron chi connectivity index (χ2n) is 9.07. The van der Waals surface area contributed by atoms with E-state index < -0.39 is 10.5 Å². The molecule has 0 saturated heterocycles. The summed E-state index contributed by atoms with van der Waals surface area (Å²) < 4.78 is 47.3. The Bertz CT molecular complexity index is 1920. The fraction of sp³-hybridized carbons (Fsp3) is 0.192. The van der Waals surface area contributed by atoms with E-state index in [1.165, 1.54) is 12.3 Å². The Morgan fingerprint density at radius 2 is 1.95 bits per heavy atom. The summed E-state index contributed by atoms with van der Waals surface area (Å²) in [7, 11) is -3.44. The molecule has 3 aromatic heterocycles. The van der Waals surface area contributed by atoms with Crippen LogP contribution in [0, 0.1) is 17.2 Å². The SMILES string of the molecule is CC(C)COc1cc2c(=O)c3c4ccc(C#N)cc4[nH]c3n(C)c2cc1-c1cncc(OS(=O)(=O)F)c1. The molecule has 0 aliphatic heterocycles. The number of aromatic nitrogens is 3. The zero-order valence-electron chi connectivity index (χ0n) is 20.1. The first-order chi connectivity index (χ1) is 17.6. The van der Waals surface area contributed by atoms with E-state index in [4.69, 9.17) is 4.74 Å². The minimum absolute atomic E-state index is 0.182. The number of ether oxygens (including phenoxy) is 1. The van der Waals surface area contributed by atoms with E-state index in [1.54, 1.807) is 37.4 Å². The molecule has 0 radical (unpaired) electrons. The maximum atomic E-state index is 13.7. The van der Waals surface area contributed by atoms with Crippen LogP contribution in [0.3, 0.4) is 0 Å². The summed E-state index contributed by atoms with van der Waals surface area (Å²) in [6.45, 7) is 4.31. The third-order valence-electron chi connectivity index (χ3n) is 5.97. The van der Waals surface area contributed by atoms with Crippen LogP contribution < -0.4 is 14.3 Å². The van der Waals surface area contributed by atoms with Crippen molar-refractivity contribution in [2.45, 2.75) is 13.8 Å². The molecule has 37 heavy (non-hydrogen) atoms. The monoisotopic (exact) mass is 520 g/mol. The Balaban J connectivity index is 1.81. The van der Waals surface area contributed by atoms with E-state index in [0.29, 0.717) is 61.9 Å². The molecule has 1 N–H and O–H groups in total. The highest BCUT2D eigenvalue weighted by molar-refractivity contribution is 7.81. The van der Waals surface area contributed by atoms with Gasteiger partial charge in [0.05, 0.1) is 40.7 Å². The van der Waals surface area contributed by atoms with Crippen LogP contribution in [-0.4, -0.2) is 29.6 Å². The van der Waals surface area contributed by atoms with Gasteiger partial charge in [-0.2, -0.15) is 13.7 Å². The standard InChI is InChI=1S/C26H21FN4O5S/c1-14(2)13-35-23-9-20-22(8-19(23)16-7-17(12-29-11-16)36-37(27,33)34)31(3)26-24(25(20)32)18-5-4-15(10-28)6-21(18)30-26/h4-9,11-12,14,30H,13H2,1-3H3. The molecule has 0 fully saturated rings. The number of nitrogens with one attached hydrogen (secondary N) is 1. The van der Waals surface area contributed by atoms with Gasteiger partial charge in [-0.3, -0.25) is 9.78 Å². The highest BCUT2D eigenvalue weighted by Crippen LogP contribution is 2.36. The summed E-state index contributed by atoms with van der Waals surface area (Å²) in [5.41, 5.74) is 2.98. The lowest BCUT2D eigenvalue weighted by molar-refractivity contribution is 0.272. The number of benzene rings is 2. The molecule has 5 rings (SSSR count). The first-order valence-corrected chi connectivity index (χ1v) is 12.6. The topological polar surface area (TPSA) is 127 Å². The van der Waals surface area contributed by atoms with Gasteiger partial charge in [-0.15, -0.1) is 0 Å².